The average Bonchev–Trinajstić information content (AvgIpc) is 3.86. The van der Waals surface area contributed by atoms with Gasteiger partial charge in [-0.1, -0.05) is 78.9 Å². The van der Waals surface area contributed by atoms with Crippen molar-refractivity contribution in [1.82, 2.24) is 14.5 Å². The van der Waals surface area contributed by atoms with Crippen molar-refractivity contribution < 1.29 is 13.3 Å². The quantitative estimate of drug-likeness (QED) is 0.200. The highest BCUT2D eigenvalue weighted by Gasteiger charge is 2.24. The highest BCUT2D eigenvalue weighted by molar-refractivity contribution is 6.24. The van der Waals surface area contributed by atoms with E-state index in [0.717, 1.165) is 87.7 Å². The molecule has 6 heteroatoms. The molecule has 0 amide bonds. The largest absolute Gasteiger partial charge is 0.456 e. The summed E-state index contributed by atoms with van der Waals surface area (Å²) in [7, 11) is 0. The van der Waals surface area contributed by atoms with E-state index in [1.54, 1.807) is 0 Å². The summed E-state index contributed by atoms with van der Waals surface area (Å²) < 4.78 is 21.6. The van der Waals surface area contributed by atoms with Crippen molar-refractivity contribution in [3.8, 4) is 17.2 Å². The maximum atomic E-state index is 6.64. The number of fused-ring (bicyclic) bond motifs is 13. The van der Waals surface area contributed by atoms with Crippen molar-refractivity contribution in [3.05, 3.63) is 127 Å². The lowest BCUT2D eigenvalue weighted by molar-refractivity contribution is 0.663. The molecule has 0 atom stereocenters. The number of nitrogens with zero attached hydrogens (tertiary/aromatic N) is 3. The van der Waals surface area contributed by atoms with E-state index in [1.165, 1.54) is 0 Å². The van der Waals surface area contributed by atoms with Crippen molar-refractivity contribution in [1.29, 1.82) is 0 Å². The molecule has 0 aliphatic carbocycles. The number of hydrogen-bond acceptors (Lipinski definition) is 5. The first-order valence-electron chi connectivity index (χ1n) is 15.3. The number of rotatable bonds is 2. The third-order valence-electron chi connectivity index (χ3n) is 9.25. The van der Waals surface area contributed by atoms with Crippen molar-refractivity contribution in [3.63, 3.8) is 0 Å². The third kappa shape index (κ3) is 3.05. The second-order valence-corrected chi connectivity index (χ2v) is 11.7. The normalized spacial score (nSPS) is 12.3. The van der Waals surface area contributed by atoms with Gasteiger partial charge < -0.3 is 13.3 Å². The molecule has 0 aliphatic rings. The van der Waals surface area contributed by atoms with Crippen LogP contribution in [0.5, 0.6) is 0 Å². The molecule has 5 aromatic heterocycles. The first-order chi connectivity index (χ1) is 22.8. The molecule has 6 aromatic carbocycles. The van der Waals surface area contributed by atoms with Crippen LogP contribution in [0.15, 0.2) is 141 Å². The number of benzene rings is 6. The number of para-hydroxylation sites is 4. The Morgan fingerprint density at radius 2 is 1.02 bits per heavy atom. The number of aromatic nitrogens is 3. The molecule has 6 nitrogen and oxygen atoms in total. The molecule has 0 spiro atoms. The summed E-state index contributed by atoms with van der Waals surface area (Å²) in [5, 5.41) is 7.21. The summed E-state index contributed by atoms with van der Waals surface area (Å²) in [5.74, 6) is 0.583. The van der Waals surface area contributed by atoms with Gasteiger partial charge >= 0.3 is 0 Å². The van der Waals surface area contributed by atoms with E-state index >= 15 is 0 Å². The maximum Gasteiger partial charge on any atom is 0.236 e. The predicted octanol–water partition coefficient (Wildman–Crippen LogP) is 10.9. The van der Waals surface area contributed by atoms with E-state index in [2.05, 4.69) is 77.4 Å². The molecular weight excluding hydrogens is 570 g/mol. The summed E-state index contributed by atoms with van der Waals surface area (Å²) in [6.45, 7) is 0. The molecular formula is C40H21N3O3. The van der Waals surface area contributed by atoms with E-state index in [-0.39, 0.29) is 0 Å². The van der Waals surface area contributed by atoms with Crippen molar-refractivity contribution >= 4 is 87.8 Å². The molecule has 0 saturated carbocycles. The first-order valence-corrected chi connectivity index (χ1v) is 15.3. The van der Waals surface area contributed by atoms with E-state index < -0.39 is 0 Å². The molecule has 0 saturated heterocycles. The van der Waals surface area contributed by atoms with Crippen molar-refractivity contribution in [2.75, 3.05) is 0 Å². The van der Waals surface area contributed by atoms with Crippen LogP contribution in [-0.2, 0) is 0 Å². The molecule has 46 heavy (non-hydrogen) atoms. The summed E-state index contributed by atoms with van der Waals surface area (Å²) in [6.07, 6.45) is 0. The fourth-order valence-corrected chi connectivity index (χ4v) is 7.29. The van der Waals surface area contributed by atoms with Crippen LogP contribution in [-0.4, -0.2) is 14.5 Å². The van der Waals surface area contributed by atoms with Gasteiger partial charge in [0.05, 0.1) is 16.4 Å². The zero-order valence-corrected chi connectivity index (χ0v) is 24.2. The van der Waals surface area contributed by atoms with Crippen LogP contribution >= 0.6 is 0 Å². The van der Waals surface area contributed by atoms with E-state index in [0.29, 0.717) is 17.2 Å². The van der Waals surface area contributed by atoms with E-state index in [4.69, 9.17) is 23.2 Å². The topological polar surface area (TPSA) is 70.1 Å². The van der Waals surface area contributed by atoms with Crippen LogP contribution < -0.4 is 0 Å². The Morgan fingerprint density at radius 3 is 1.80 bits per heavy atom. The second-order valence-electron chi connectivity index (χ2n) is 11.7. The zero-order chi connectivity index (χ0) is 29.9. The van der Waals surface area contributed by atoms with Gasteiger partial charge in [0.15, 0.2) is 5.58 Å². The summed E-state index contributed by atoms with van der Waals surface area (Å²) >= 11 is 0. The average molecular weight is 592 g/mol. The third-order valence-corrected chi connectivity index (χ3v) is 9.25. The van der Waals surface area contributed by atoms with E-state index in [1.807, 2.05) is 54.6 Å². The van der Waals surface area contributed by atoms with Crippen LogP contribution in [0.2, 0.25) is 0 Å². The Hall–Kier alpha value is -6.40. The van der Waals surface area contributed by atoms with Gasteiger partial charge in [0, 0.05) is 37.9 Å². The number of furan rings is 3. The van der Waals surface area contributed by atoms with Gasteiger partial charge in [-0.05, 0) is 48.5 Å². The van der Waals surface area contributed by atoms with Gasteiger partial charge in [0.25, 0.3) is 0 Å². The Balaban J connectivity index is 1.29. The molecule has 214 valence electrons. The van der Waals surface area contributed by atoms with Crippen LogP contribution in [0, 0.1) is 0 Å². The van der Waals surface area contributed by atoms with Gasteiger partial charge in [-0.25, -0.2) is 9.97 Å². The SMILES string of the molecule is c1ccc2c(c1)oc1c(-c3cccc4oc5c(ccc6oc7ccccc7c65)c34)nc(-n3c4ccccc4c4ccccc43)nc12. The molecule has 0 aliphatic heterocycles. The lowest BCUT2D eigenvalue weighted by Crippen LogP contribution is -2.03. The highest BCUT2D eigenvalue weighted by Crippen LogP contribution is 2.44. The zero-order valence-electron chi connectivity index (χ0n) is 24.2. The molecule has 11 aromatic rings. The molecule has 0 N–H and O–H groups in total. The monoisotopic (exact) mass is 591 g/mol. The lowest BCUT2D eigenvalue weighted by atomic mass is 10.0. The Labute approximate surface area is 259 Å². The standard InChI is InChI=1S/C40H21N3O3/c1-5-15-28-22(10-1)23-11-2-6-16-29(23)43(28)40-41-36-25-13-4-8-18-31(25)45-39(36)37(42-40)26-14-9-19-32-34(26)27-20-21-33-35(38(27)46-32)24-12-3-7-17-30(24)44-33/h1-21H. The van der Waals surface area contributed by atoms with Crippen LogP contribution in [0.1, 0.15) is 0 Å². The van der Waals surface area contributed by atoms with Crippen LogP contribution in [0.3, 0.4) is 0 Å². The molecule has 0 fully saturated rings. The summed E-state index contributed by atoms with van der Waals surface area (Å²) in [5.41, 5.74) is 9.09. The minimum Gasteiger partial charge on any atom is -0.456 e. The minimum absolute atomic E-state index is 0.583. The first kappa shape index (κ1) is 24.0. The Morgan fingerprint density at radius 1 is 0.413 bits per heavy atom. The molecule has 11 rings (SSSR count). The molecule has 0 bridgehead atoms. The highest BCUT2D eigenvalue weighted by atomic mass is 16.3. The van der Waals surface area contributed by atoms with Gasteiger partial charge in [0.2, 0.25) is 5.95 Å². The van der Waals surface area contributed by atoms with Crippen LogP contribution in [0.25, 0.3) is 105 Å². The van der Waals surface area contributed by atoms with Gasteiger partial charge in [0.1, 0.15) is 39.1 Å². The maximum absolute atomic E-state index is 6.64. The van der Waals surface area contributed by atoms with E-state index in [9.17, 15) is 0 Å². The molecule has 5 heterocycles. The summed E-state index contributed by atoms with van der Waals surface area (Å²) in [4.78, 5) is 10.6. The van der Waals surface area contributed by atoms with Gasteiger partial charge in [-0.2, -0.15) is 0 Å². The summed E-state index contributed by atoms with van der Waals surface area (Å²) in [6, 6.07) is 43.2. The smallest absolute Gasteiger partial charge is 0.236 e. The molecule has 0 unspecified atom stereocenters. The van der Waals surface area contributed by atoms with Gasteiger partial charge in [-0.15, -0.1) is 0 Å². The van der Waals surface area contributed by atoms with Crippen LogP contribution in [0.4, 0.5) is 0 Å². The predicted molar refractivity (Wildman–Crippen MR) is 184 cm³/mol. The number of hydrogen-bond donors (Lipinski definition) is 0. The Kier molecular flexibility index (Phi) is 4.49. The molecule has 0 radical (unpaired) electrons. The fourth-order valence-electron chi connectivity index (χ4n) is 7.29. The lowest BCUT2D eigenvalue weighted by Gasteiger charge is -2.10. The fraction of sp³-hybridized carbons (Fsp3) is 0. The Bertz CT molecular complexity index is 2990. The van der Waals surface area contributed by atoms with Crippen molar-refractivity contribution in [2.24, 2.45) is 0 Å². The minimum atomic E-state index is 0.583. The van der Waals surface area contributed by atoms with Gasteiger partial charge in [-0.3, -0.25) is 4.57 Å². The second kappa shape index (κ2) is 8.61. The van der Waals surface area contributed by atoms with Crippen molar-refractivity contribution in [2.45, 2.75) is 0 Å².